The van der Waals surface area contributed by atoms with Crippen LogP contribution in [0.1, 0.15) is 19.3 Å². The van der Waals surface area contributed by atoms with Crippen molar-refractivity contribution in [1.29, 1.82) is 0 Å². The number of hydrogen-bond donors (Lipinski definition) is 0. The fourth-order valence-electron chi connectivity index (χ4n) is 4.38. The van der Waals surface area contributed by atoms with Gasteiger partial charge in [-0.3, -0.25) is 13.8 Å². The fraction of sp³-hybridized carbons (Fsp3) is 0.647. The van der Waals surface area contributed by atoms with Crippen molar-refractivity contribution in [3.8, 4) is 0 Å². The van der Waals surface area contributed by atoms with Crippen LogP contribution < -0.4 is 0 Å². The molecule has 30 heavy (non-hydrogen) atoms. The molecule has 0 aromatic rings. The summed E-state index contributed by atoms with van der Waals surface area (Å²) >= 11 is 0. The molecule has 3 heterocycles. The number of hydrogen-bond acceptors (Lipinski definition) is 12. The summed E-state index contributed by atoms with van der Waals surface area (Å²) in [5.74, 6) is -1.86. The van der Waals surface area contributed by atoms with Gasteiger partial charge in [-0.1, -0.05) is 6.58 Å². The van der Waals surface area contributed by atoms with Gasteiger partial charge in [0.05, 0.1) is 13.2 Å². The minimum Gasteiger partial charge on any atom is -0.468 e. The Bertz CT molecular complexity index is 838. The number of fused-ring (bicyclic) bond motifs is 1. The SMILES string of the molecule is C=CC(=O)OCC(=O)OC1C2C3(CCOC=O)OC1(CCOC=O)CC3OS2(=O)=O. The van der Waals surface area contributed by atoms with E-state index < -0.39 is 57.3 Å². The molecular formula is C17H20O12S. The highest BCUT2D eigenvalue weighted by Gasteiger charge is 2.81. The molecule has 0 aromatic heterocycles. The van der Waals surface area contributed by atoms with E-state index in [1.165, 1.54) is 0 Å². The first-order valence-corrected chi connectivity index (χ1v) is 10.4. The van der Waals surface area contributed by atoms with Crippen LogP contribution in [0.15, 0.2) is 12.7 Å². The van der Waals surface area contributed by atoms with Gasteiger partial charge in [-0.15, -0.1) is 0 Å². The summed E-state index contributed by atoms with van der Waals surface area (Å²) in [6.07, 6.45) is -1.30. The summed E-state index contributed by atoms with van der Waals surface area (Å²) in [5, 5.41) is -1.39. The van der Waals surface area contributed by atoms with Crippen molar-refractivity contribution < 1.29 is 55.5 Å². The van der Waals surface area contributed by atoms with E-state index in [4.69, 9.17) is 23.1 Å². The van der Waals surface area contributed by atoms with E-state index in [2.05, 4.69) is 11.3 Å². The average molecular weight is 448 g/mol. The third-order valence-corrected chi connectivity index (χ3v) is 7.22. The van der Waals surface area contributed by atoms with Crippen molar-refractivity contribution >= 4 is 35.0 Å². The number of esters is 2. The largest absolute Gasteiger partial charge is 0.468 e. The van der Waals surface area contributed by atoms with Crippen LogP contribution >= 0.6 is 0 Å². The number of carbonyl (C=O) groups is 4. The molecular weight excluding hydrogens is 428 g/mol. The lowest BCUT2D eigenvalue weighted by atomic mass is 9.75. The summed E-state index contributed by atoms with van der Waals surface area (Å²) in [7, 11) is -4.21. The Kier molecular flexibility index (Phi) is 6.15. The van der Waals surface area contributed by atoms with Crippen LogP contribution in [-0.4, -0.2) is 81.8 Å². The van der Waals surface area contributed by atoms with E-state index in [9.17, 15) is 27.6 Å². The van der Waals surface area contributed by atoms with Gasteiger partial charge in [0, 0.05) is 25.3 Å². The van der Waals surface area contributed by atoms with Gasteiger partial charge in [-0.25, -0.2) is 9.59 Å². The van der Waals surface area contributed by atoms with Gasteiger partial charge in [-0.2, -0.15) is 8.42 Å². The minimum atomic E-state index is -4.21. The van der Waals surface area contributed by atoms with Gasteiger partial charge in [0.15, 0.2) is 18.0 Å². The van der Waals surface area contributed by atoms with Crippen LogP contribution in [-0.2, 0) is 57.2 Å². The molecule has 0 aromatic carbocycles. The molecule has 3 fully saturated rings. The first-order valence-electron chi connectivity index (χ1n) is 8.96. The second-order valence-electron chi connectivity index (χ2n) is 6.98. The third-order valence-electron chi connectivity index (χ3n) is 5.45. The smallest absolute Gasteiger partial charge is 0.344 e. The van der Waals surface area contributed by atoms with Crippen LogP contribution in [0.4, 0.5) is 0 Å². The molecule has 0 aliphatic carbocycles. The zero-order valence-corrected chi connectivity index (χ0v) is 16.5. The highest BCUT2D eigenvalue weighted by molar-refractivity contribution is 7.87. The summed E-state index contributed by atoms with van der Waals surface area (Å²) < 4.78 is 56.2. The van der Waals surface area contributed by atoms with E-state index in [0.717, 1.165) is 6.08 Å². The third kappa shape index (κ3) is 3.68. The zero-order chi connectivity index (χ0) is 22.0. The number of carbonyl (C=O) groups excluding carboxylic acids is 4. The molecule has 13 heteroatoms. The highest BCUT2D eigenvalue weighted by atomic mass is 32.2. The quantitative estimate of drug-likeness (QED) is 0.0874. The van der Waals surface area contributed by atoms with E-state index in [-0.39, 0.29) is 45.4 Å². The Morgan fingerprint density at radius 3 is 2.43 bits per heavy atom. The first kappa shape index (κ1) is 22.2. The van der Waals surface area contributed by atoms with E-state index in [0.29, 0.717) is 0 Å². The van der Waals surface area contributed by atoms with Gasteiger partial charge < -0.3 is 23.7 Å². The Balaban J connectivity index is 1.88. The van der Waals surface area contributed by atoms with Crippen LogP contribution in [0.25, 0.3) is 0 Å². The fourth-order valence-corrected chi connectivity index (χ4v) is 6.47. The average Bonchev–Trinajstić information content (AvgIpc) is 3.18. The Morgan fingerprint density at radius 2 is 1.80 bits per heavy atom. The molecule has 0 N–H and O–H groups in total. The lowest BCUT2D eigenvalue weighted by molar-refractivity contribution is -0.168. The van der Waals surface area contributed by atoms with Crippen molar-refractivity contribution in [2.45, 2.75) is 47.9 Å². The maximum absolute atomic E-state index is 12.7. The summed E-state index contributed by atoms with van der Waals surface area (Å²) in [6, 6.07) is 0. The number of rotatable bonds is 12. The Labute approximate surface area is 171 Å². The van der Waals surface area contributed by atoms with Gasteiger partial charge in [0.2, 0.25) is 0 Å². The van der Waals surface area contributed by atoms with Crippen LogP contribution in [0, 0.1) is 0 Å². The van der Waals surface area contributed by atoms with Crippen molar-refractivity contribution in [2.24, 2.45) is 0 Å². The zero-order valence-electron chi connectivity index (χ0n) is 15.7. The molecule has 5 atom stereocenters. The van der Waals surface area contributed by atoms with E-state index >= 15 is 0 Å². The van der Waals surface area contributed by atoms with E-state index in [1.807, 2.05) is 0 Å². The first-order chi connectivity index (χ1) is 14.2. The monoisotopic (exact) mass is 448 g/mol. The standard InChI is InChI=1S/C17H20O12S/c1-2-12(20)26-8-13(21)27-14-15-17(4-6-25-10-19)11(28-30(15,22)23)7-16(14,29-17)3-5-24-9-18/h2,9-11,14-15H,1,3-8H2. The second kappa shape index (κ2) is 8.32. The van der Waals surface area contributed by atoms with E-state index in [1.54, 1.807) is 0 Å². The van der Waals surface area contributed by atoms with Crippen LogP contribution in [0.3, 0.4) is 0 Å². The van der Waals surface area contributed by atoms with Crippen molar-refractivity contribution in [3.05, 3.63) is 12.7 Å². The molecule has 0 spiro atoms. The maximum Gasteiger partial charge on any atom is 0.344 e. The van der Waals surface area contributed by atoms with Gasteiger partial charge >= 0.3 is 11.9 Å². The predicted molar refractivity (Wildman–Crippen MR) is 93.0 cm³/mol. The maximum atomic E-state index is 12.7. The molecule has 3 rings (SSSR count). The van der Waals surface area contributed by atoms with Gasteiger partial charge in [0.25, 0.3) is 23.1 Å². The van der Waals surface area contributed by atoms with Crippen molar-refractivity contribution in [3.63, 3.8) is 0 Å². The van der Waals surface area contributed by atoms with Crippen molar-refractivity contribution in [2.75, 3.05) is 19.8 Å². The van der Waals surface area contributed by atoms with Crippen LogP contribution in [0.5, 0.6) is 0 Å². The van der Waals surface area contributed by atoms with Crippen LogP contribution in [0.2, 0.25) is 0 Å². The lowest BCUT2D eigenvalue weighted by Crippen LogP contribution is -2.55. The summed E-state index contributed by atoms with van der Waals surface area (Å²) in [4.78, 5) is 44.4. The summed E-state index contributed by atoms with van der Waals surface area (Å²) in [5.41, 5.74) is -2.73. The molecule has 12 nitrogen and oxygen atoms in total. The van der Waals surface area contributed by atoms with Gasteiger partial charge in [-0.05, 0) is 0 Å². The molecule has 166 valence electrons. The molecule has 3 aliphatic rings. The second-order valence-corrected chi connectivity index (χ2v) is 8.67. The lowest BCUT2D eigenvalue weighted by Gasteiger charge is -2.33. The Hall–Kier alpha value is -2.51. The Morgan fingerprint density at radius 1 is 1.13 bits per heavy atom. The topological polar surface area (TPSA) is 158 Å². The summed E-state index contributed by atoms with van der Waals surface area (Å²) in [6.45, 7) is 2.61. The molecule has 0 saturated carbocycles. The minimum absolute atomic E-state index is 0.0178. The number of ether oxygens (including phenoxy) is 5. The molecule has 5 unspecified atom stereocenters. The van der Waals surface area contributed by atoms with Gasteiger partial charge in [0.1, 0.15) is 17.3 Å². The molecule has 2 bridgehead atoms. The molecule has 0 radical (unpaired) electrons. The molecule has 3 saturated heterocycles. The predicted octanol–water partition coefficient (Wildman–Crippen LogP) is -1.24. The molecule has 3 aliphatic heterocycles. The molecule has 0 amide bonds. The normalized spacial score (nSPS) is 34.7. The van der Waals surface area contributed by atoms with Crippen molar-refractivity contribution in [1.82, 2.24) is 0 Å². The highest BCUT2D eigenvalue weighted by Crippen LogP contribution is 2.62.